The van der Waals surface area contributed by atoms with Crippen LogP contribution in [-0.4, -0.2) is 46.0 Å². The van der Waals surface area contributed by atoms with E-state index in [0.717, 1.165) is 23.6 Å². The maximum Gasteiger partial charge on any atom is 0.246 e. The lowest BCUT2D eigenvalue weighted by molar-refractivity contribution is 0.382. The maximum atomic E-state index is 13.8. The van der Waals surface area contributed by atoms with E-state index in [1.165, 1.54) is 4.31 Å². The van der Waals surface area contributed by atoms with Crippen LogP contribution in [0.15, 0.2) is 47.4 Å². The number of ether oxygens (including phenoxy) is 1. The van der Waals surface area contributed by atoms with Gasteiger partial charge < -0.3 is 9.64 Å². The Balaban J connectivity index is 1.72. The molecule has 0 spiro atoms. The lowest BCUT2D eigenvalue weighted by Gasteiger charge is -2.35. The Morgan fingerprint density at radius 3 is 2.16 bits per heavy atom. The van der Waals surface area contributed by atoms with E-state index in [1.54, 1.807) is 7.11 Å². The van der Waals surface area contributed by atoms with Crippen LogP contribution in [0.4, 0.5) is 14.5 Å². The van der Waals surface area contributed by atoms with Gasteiger partial charge in [0.2, 0.25) is 10.0 Å². The van der Waals surface area contributed by atoms with Gasteiger partial charge in [0, 0.05) is 37.9 Å². The second-order valence-electron chi connectivity index (χ2n) is 5.66. The molecule has 0 amide bonds. The summed E-state index contributed by atoms with van der Waals surface area (Å²) >= 11 is 0. The van der Waals surface area contributed by atoms with Crippen LogP contribution in [0, 0.1) is 11.6 Å². The highest BCUT2D eigenvalue weighted by atomic mass is 32.2. The van der Waals surface area contributed by atoms with E-state index in [2.05, 4.69) is 0 Å². The summed E-state index contributed by atoms with van der Waals surface area (Å²) < 4.78 is 58.3. The number of piperazine rings is 1. The van der Waals surface area contributed by atoms with E-state index in [4.69, 9.17) is 4.74 Å². The predicted molar refractivity (Wildman–Crippen MR) is 90.3 cm³/mol. The van der Waals surface area contributed by atoms with Crippen molar-refractivity contribution < 1.29 is 21.9 Å². The van der Waals surface area contributed by atoms with Gasteiger partial charge in [0.15, 0.2) is 0 Å². The first-order valence-corrected chi connectivity index (χ1v) is 9.20. The number of methoxy groups -OCH3 is 1. The summed E-state index contributed by atoms with van der Waals surface area (Å²) in [5, 5.41) is 0. The fourth-order valence-corrected chi connectivity index (χ4v) is 4.27. The van der Waals surface area contributed by atoms with E-state index < -0.39 is 26.6 Å². The fourth-order valence-electron chi connectivity index (χ4n) is 2.80. The van der Waals surface area contributed by atoms with Crippen LogP contribution >= 0.6 is 0 Å². The van der Waals surface area contributed by atoms with Gasteiger partial charge in [0.1, 0.15) is 22.3 Å². The molecule has 0 atom stereocenters. The summed E-state index contributed by atoms with van der Waals surface area (Å²) in [5.41, 5.74) is 0.964. The van der Waals surface area contributed by atoms with E-state index in [9.17, 15) is 17.2 Å². The second kappa shape index (κ2) is 6.97. The second-order valence-corrected chi connectivity index (χ2v) is 7.57. The Bertz CT molecular complexity index is 849. The van der Waals surface area contributed by atoms with Crippen LogP contribution in [0.5, 0.6) is 5.75 Å². The molecule has 8 heteroatoms. The third-order valence-corrected chi connectivity index (χ3v) is 6.12. The molecule has 1 aliphatic rings. The molecule has 1 aliphatic heterocycles. The Morgan fingerprint density at radius 1 is 0.960 bits per heavy atom. The van der Waals surface area contributed by atoms with Crippen molar-refractivity contribution in [3.63, 3.8) is 0 Å². The van der Waals surface area contributed by atoms with Crippen LogP contribution in [-0.2, 0) is 10.0 Å². The highest BCUT2D eigenvalue weighted by Crippen LogP contribution is 2.24. The topological polar surface area (TPSA) is 49.9 Å². The first-order valence-electron chi connectivity index (χ1n) is 7.76. The van der Waals surface area contributed by atoms with E-state index >= 15 is 0 Å². The normalized spacial score (nSPS) is 16.0. The molecular formula is C17H18F2N2O3S. The van der Waals surface area contributed by atoms with E-state index in [-0.39, 0.29) is 13.1 Å². The summed E-state index contributed by atoms with van der Waals surface area (Å²) in [6.45, 7) is 1.42. The largest absolute Gasteiger partial charge is 0.497 e. The van der Waals surface area contributed by atoms with Gasteiger partial charge >= 0.3 is 0 Å². The molecule has 0 radical (unpaired) electrons. The first-order chi connectivity index (χ1) is 11.9. The van der Waals surface area contributed by atoms with Crippen molar-refractivity contribution in [3.8, 4) is 5.75 Å². The standard InChI is InChI=1S/C17H18F2N2O3S/c1-24-15-5-3-14(4-6-15)20-8-10-21(11-9-20)25(22,23)17-7-2-13(18)12-16(17)19/h2-7,12H,8-11H2,1H3. The summed E-state index contributed by atoms with van der Waals surface area (Å²) in [5.74, 6) is -1.13. The van der Waals surface area contributed by atoms with Gasteiger partial charge in [-0.25, -0.2) is 17.2 Å². The highest BCUT2D eigenvalue weighted by molar-refractivity contribution is 7.89. The summed E-state index contributed by atoms with van der Waals surface area (Å²) in [4.78, 5) is 1.55. The quantitative estimate of drug-likeness (QED) is 0.832. The Hall–Kier alpha value is -2.19. The predicted octanol–water partition coefficient (Wildman–Crippen LogP) is 2.48. The third kappa shape index (κ3) is 3.59. The molecule has 1 fully saturated rings. The Morgan fingerprint density at radius 2 is 1.60 bits per heavy atom. The van der Waals surface area contributed by atoms with Crippen molar-refractivity contribution in [1.82, 2.24) is 4.31 Å². The average molecular weight is 368 g/mol. The zero-order chi connectivity index (χ0) is 18.0. The number of halogens is 2. The SMILES string of the molecule is COc1ccc(N2CCN(S(=O)(=O)c3ccc(F)cc3F)CC2)cc1. The number of benzene rings is 2. The molecular weight excluding hydrogens is 350 g/mol. The van der Waals surface area contributed by atoms with E-state index in [1.807, 2.05) is 29.2 Å². The molecule has 0 N–H and O–H groups in total. The molecule has 0 aromatic heterocycles. The third-order valence-electron chi connectivity index (χ3n) is 4.19. The molecule has 2 aromatic rings. The van der Waals surface area contributed by atoms with Crippen molar-refractivity contribution in [2.45, 2.75) is 4.90 Å². The van der Waals surface area contributed by atoms with Gasteiger partial charge in [0.25, 0.3) is 0 Å². The Kier molecular flexibility index (Phi) is 4.91. The maximum absolute atomic E-state index is 13.8. The van der Waals surface area contributed by atoms with Crippen LogP contribution in [0.3, 0.4) is 0 Å². The molecule has 25 heavy (non-hydrogen) atoms. The first kappa shape index (κ1) is 17.6. The van der Waals surface area contributed by atoms with Crippen LogP contribution in [0.1, 0.15) is 0 Å². The smallest absolute Gasteiger partial charge is 0.246 e. The van der Waals surface area contributed by atoms with Gasteiger partial charge in [-0.15, -0.1) is 0 Å². The minimum absolute atomic E-state index is 0.227. The molecule has 1 saturated heterocycles. The van der Waals surface area contributed by atoms with Crippen molar-refractivity contribution in [2.24, 2.45) is 0 Å². The van der Waals surface area contributed by atoms with Gasteiger partial charge in [-0.3, -0.25) is 0 Å². The molecule has 5 nitrogen and oxygen atoms in total. The van der Waals surface area contributed by atoms with Gasteiger partial charge in [0.05, 0.1) is 7.11 Å². The summed E-state index contributed by atoms with van der Waals surface area (Å²) in [7, 11) is -2.39. The zero-order valence-electron chi connectivity index (χ0n) is 13.7. The molecule has 0 saturated carbocycles. The van der Waals surface area contributed by atoms with Crippen LogP contribution < -0.4 is 9.64 Å². The summed E-state index contributed by atoms with van der Waals surface area (Å²) in [6, 6.07) is 9.99. The lowest BCUT2D eigenvalue weighted by atomic mass is 10.2. The number of hydrogen-bond donors (Lipinski definition) is 0. The average Bonchev–Trinajstić information content (AvgIpc) is 2.61. The fraction of sp³-hybridized carbons (Fsp3) is 0.294. The van der Waals surface area contributed by atoms with Gasteiger partial charge in [-0.05, 0) is 36.4 Å². The lowest BCUT2D eigenvalue weighted by Crippen LogP contribution is -2.48. The highest BCUT2D eigenvalue weighted by Gasteiger charge is 2.30. The van der Waals surface area contributed by atoms with E-state index in [0.29, 0.717) is 19.2 Å². The molecule has 3 rings (SSSR count). The van der Waals surface area contributed by atoms with Crippen molar-refractivity contribution in [3.05, 3.63) is 54.1 Å². The minimum Gasteiger partial charge on any atom is -0.497 e. The number of anilines is 1. The zero-order valence-corrected chi connectivity index (χ0v) is 14.5. The monoisotopic (exact) mass is 368 g/mol. The molecule has 0 aliphatic carbocycles. The number of rotatable bonds is 4. The van der Waals surface area contributed by atoms with Gasteiger partial charge in [-0.2, -0.15) is 4.31 Å². The van der Waals surface area contributed by atoms with Crippen LogP contribution in [0.2, 0.25) is 0 Å². The molecule has 2 aromatic carbocycles. The van der Waals surface area contributed by atoms with Gasteiger partial charge in [-0.1, -0.05) is 0 Å². The van der Waals surface area contributed by atoms with Crippen molar-refractivity contribution in [1.29, 1.82) is 0 Å². The molecule has 1 heterocycles. The van der Waals surface area contributed by atoms with Crippen molar-refractivity contribution in [2.75, 3.05) is 38.2 Å². The number of sulfonamides is 1. The molecule has 134 valence electrons. The van der Waals surface area contributed by atoms with Crippen LogP contribution in [0.25, 0.3) is 0 Å². The molecule has 0 unspecified atom stereocenters. The number of hydrogen-bond acceptors (Lipinski definition) is 4. The Labute approximate surface area is 145 Å². The molecule has 0 bridgehead atoms. The summed E-state index contributed by atoms with van der Waals surface area (Å²) in [6.07, 6.45) is 0. The minimum atomic E-state index is -3.98. The van der Waals surface area contributed by atoms with Crippen molar-refractivity contribution >= 4 is 15.7 Å². The number of nitrogens with zero attached hydrogens (tertiary/aromatic N) is 2.